The van der Waals surface area contributed by atoms with Gasteiger partial charge in [0.1, 0.15) is 0 Å². The molecule has 2 atom stereocenters. The van der Waals surface area contributed by atoms with Gasteiger partial charge in [0.2, 0.25) is 0 Å². The molecule has 0 aromatic heterocycles. The predicted molar refractivity (Wildman–Crippen MR) is 61.8 cm³/mol. The van der Waals surface area contributed by atoms with Crippen molar-refractivity contribution in [2.24, 2.45) is 5.73 Å². The maximum absolute atomic E-state index is 12.5. The molecule has 0 saturated heterocycles. The van der Waals surface area contributed by atoms with Crippen molar-refractivity contribution in [1.29, 1.82) is 0 Å². The third kappa shape index (κ3) is 3.46. The summed E-state index contributed by atoms with van der Waals surface area (Å²) in [5.41, 5.74) is 5.66. The number of rotatable bonds is 3. The maximum atomic E-state index is 12.5. The largest absolute Gasteiger partial charge is 0.416 e. The van der Waals surface area contributed by atoms with Gasteiger partial charge in [-0.2, -0.15) is 13.2 Å². The van der Waals surface area contributed by atoms with Crippen molar-refractivity contribution in [1.82, 2.24) is 0 Å². The van der Waals surface area contributed by atoms with Crippen molar-refractivity contribution < 1.29 is 17.9 Å². The number of ether oxygens (including phenoxy) is 1. The topological polar surface area (TPSA) is 35.2 Å². The number of nitrogens with two attached hydrogens (primary N) is 1. The van der Waals surface area contributed by atoms with Gasteiger partial charge >= 0.3 is 6.18 Å². The fourth-order valence-electron chi connectivity index (χ4n) is 2.18. The van der Waals surface area contributed by atoms with Gasteiger partial charge in [-0.15, -0.1) is 0 Å². The highest BCUT2D eigenvalue weighted by molar-refractivity contribution is 5.25. The predicted octanol–water partition coefficient (Wildman–Crippen LogP) is 3.10. The van der Waals surface area contributed by atoms with E-state index >= 15 is 0 Å². The van der Waals surface area contributed by atoms with Crippen LogP contribution in [0.5, 0.6) is 0 Å². The zero-order valence-corrected chi connectivity index (χ0v) is 9.91. The lowest BCUT2D eigenvalue weighted by Gasteiger charge is -2.13. The molecule has 0 bridgehead atoms. The van der Waals surface area contributed by atoms with E-state index in [0.717, 1.165) is 31.4 Å². The summed E-state index contributed by atoms with van der Waals surface area (Å²) in [6.45, 7) is 0.210. The van der Waals surface area contributed by atoms with E-state index in [1.807, 2.05) is 0 Å². The average Bonchev–Trinajstić information content (AvgIpc) is 2.72. The summed E-state index contributed by atoms with van der Waals surface area (Å²) >= 11 is 0. The third-order valence-corrected chi connectivity index (χ3v) is 3.17. The Kier molecular flexibility index (Phi) is 3.92. The van der Waals surface area contributed by atoms with E-state index in [1.165, 1.54) is 6.07 Å². The molecule has 1 fully saturated rings. The fraction of sp³-hybridized carbons (Fsp3) is 0.538. The Morgan fingerprint density at radius 2 is 2.06 bits per heavy atom. The van der Waals surface area contributed by atoms with Gasteiger partial charge in [0.25, 0.3) is 0 Å². The summed E-state index contributed by atoms with van der Waals surface area (Å²) in [4.78, 5) is 0. The molecule has 18 heavy (non-hydrogen) atoms. The summed E-state index contributed by atoms with van der Waals surface area (Å²) in [6, 6.07) is 5.41. The molecule has 0 amide bonds. The van der Waals surface area contributed by atoms with Crippen molar-refractivity contribution in [3.05, 3.63) is 35.4 Å². The molecule has 1 aliphatic carbocycles. The maximum Gasteiger partial charge on any atom is 0.416 e. The van der Waals surface area contributed by atoms with Crippen molar-refractivity contribution in [2.45, 2.75) is 44.2 Å². The Morgan fingerprint density at radius 1 is 1.28 bits per heavy atom. The molecular formula is C13H16F3NO. The van der Waals surface area contributed by atoms with E-state index in [4.69, 9.17) is 10.5 Å². The molecule has 2 N–H and O–H groups in total. The summed E-state index contributed by atoms with van der Waals surface area (Å²) < 4.78 is 43.1. The Bertz CT molecular complexity index is 405. The van der Waals surface area contributed by atoms with E-state index in [0.29, 0.717) is 5.56 Å². The van der Waals surface area contributed by atoms with Crippen LogP contribution in [0.3, 0.4) is 0 Å². The lowest BCUT2D eigenvalue weighted by Crippen LogP contribution is -2.17. The first-order valence-electron chi connectivity index (χ1n) is 5.98. The van der Waals surface area contributed by atoms with Gasteiger partial charge in [-0.1, -0.05) is 12.1 Å². The lowest BCUT2D eigenvalue weighted by molar-refractivity contribution is -0.137. The van der Waals surface area contributed by atoms with Crippen LogP contribution in [0.15, 0.2) is 24.3 Å². The second-order valence-electron chi connectivity index (χ2n) is 4.70. The average molecular weight is 259 g/mol. The second kappa shape index (κ2) is 5.28. The monoisotopic (exact) mass is 259 g/mol. The van der Waals surface area contributed by atoms with Crippen LogP contribution in [-0.4, -0.2) is 12.1 Å². The molecule has 1 aromatic carbocycles. The van der Waals surface area contributed by atoms with Gasteiger partial charge in [-0.3, -0.25) is 0 Å². The Labute approximate surface area is 104 Å². The molecule has 100 valence electrons. The van der Waals surface area contributed by atoms with Gasteiger partial charge < -0.3 is 10.5 Å². The minimum absolute atomic E-state index is 0.0783. The van der Waals surface area contributed by atoms with Crippen molar-refractivity contribution >= 4 is 0 Å². The summed E-state index contributed by atoms with van der Waals surface area (Å²) in [5.74, 6) is 0. The SMILES string of the molecule is NC1CCC(OCc2cccc(C(F)(F)F)c2)C1. The smallest absolute Gasteiger partial charge is 0.373 e. The van der Waals surface area contributed by atoms with Crippen LogP contribution in [0.4, 0.5) is 13.2 Å². The van der Waals surface area contributed by atoms with E-state index in [1.54, 1.807) is 6.07 Å². The van der Waals surface area contributed by atoms with Gasteiger partial charge in [0, 0.05) is 6.04 Å². The molecular weight excluding hydrogens is 243 g/mol. The van der Waals surface area contributed by atoms with Crippen LogP contribution in [-0.2, 0) is 17.5 Å². The van der Waals surface area contributed by atoms with E-state index in [2.05, 4.69) is 0 Å². The molecule has 1 aliphatic rings. The molecule has 2 rings (SSSR count). The first-order valence-corrected chi connectivity index (χ1v) is 5.98. The van der Waals surface area contributed by atoms with E-state index < -0.39 is 11.7 Å². The zero-order chi connectivity index (χ0) is 13.2. The number of alkyl halides is 3. The molecule has 2 unspecified atom stereocenters. The molecule has 2 nitrogen and oxygen atoms in total. The van der Waals surface area contributed by atoms with Crippen LogP contribution in [0, 0.1) is 0 Å². The summed E-state index contributed by atoms with van der Waals surface area (Å²) in [7, 11) is 0. The highest BCUT2D eigenvalue weighted by Crippen LogP contribution is 2.30. The molecule has 0 aliphatic heterocycles. The van der Waals surface area contributed by atoms with Crippen LogP contribution < -0.4 is 5.73 Å². The van der Waals surface area contributed by atoms with Gasteiger partial charge in [-0.25, -0.2) is 0 Å². The first kappa shape index (κ1) is 13.4. The highest BCUT2D eigenvalue weighted by atomic mass is 19.4. The second-order valence-corrected chi connectivity index (χ2v) is 4.70. The Morgan fingerprint density at radius 3 is 2.67 bits per heavy atom. The fourth-order valence-corrected chi connectivity index (χ4v) is 2.18. The quantitative estimate of drug-likeness (QED) is 0.905. The Balaban J connectivity index is 1.93. The normalized spacial score (nSPS) is 24.4. The van der Waals surface area contributed by atoms with Crippen LogP contribution in [0.25, 0.3) is 0 Å². The highest BCUT2D eigenvalue weighted by Gasteiger charge is 2.30. The molecule has 1 saturated carbocycles. The van der Waals surface area contributed by atoms with Crippen LogP contribution in [0.1, 0.15) is 30.4 Å². The van der Waals surface area contributed by atoms with E-state index in [-0.39, 0.29) is 18.8 Å². The van der Waals surface area contributed by atoms with Crippen molar-refractivity contribution in [3.63, 3.8) is 0 Å². The minimum Gasteiger partial charge on any atom is -0.373 e. The standard InChI is InChI=1S/C13H16F3NO/c14-13(15,16)10-3-1-2-9(6-10)8-18-12-5-4-11(17)7-12/h1-3,6,11-12H,4-5,7-8,17H2. The summed E-state index contributed by atoms with van der Waals surface area (Å²) in [6.07, 6.45) is -1.62. The summed E-state index contributed by atoms with van der Waals surface area (Å²) in [5, 5.41) is 0. The third-order valence-electron chi connectivity index (χ3n) is 3.17. The molecule has 1 aromatic rings. The number of hydrogen-bond acceptors (Lipinski definition) is 2. The number of hydrogen-bond donors (Lipinski definition) is 1. The zero-order valence-electron chi connectivity index (χ0n) is 9.91. The molecule has 0 spiro atoms. The van der Waals surface area contributed by atoms with Crippen LogP contribution in [0.2, 0.25) is 0 Å². The van der Waals surface area contributed by atoms with Gasteiger partial charge in [-0.05, 0) is 37.0 Å². The van der Waals surface area contributed by atoms with Crippen LogP contribution >= 0.6 is 0 Å². The first-order chi connectivity index (χ1) is 8.45. The Hall–Kier alpha value is -1.07. The molecule has 5 heteroatoms. The lowest BCUT2D eigenvalue weighted by atomic mass is 10.1. The molecule has 0 radical (unpaired) electrons. The number of halogens is 3. The van der Waals surface area contributed by atoms with Crippen molar-refractivity contribution in [3.8, 4) is 0 Å². The van der Waals surface area contributed by atoms with Gasteiger partial charge in [0.05, 0.1) is 18.3 Å². The van der Waals surface area contributed by atoms with Crippen molar-refractivity contribution in [2.75, 3.05) is 0 Å². The van der Waals surface area contributed by atoms with E-state index in [9.17, 15) is 13.2 Å². The van der Waals surface area contributed by atoms with Gasteiger partial charge in [0.15, 0.2) is 0 Å². The molecule has 0 heterocycles. The minimum atomic E-state index is -4.30. The number of benzene rings is 1.